The van der Waals surface area contributed by atoms with Gasteiger partial charge in [0.25, 0.3) is 0 Å². The van der Waals surface area contributed by atoms with Gasteiger partial charge in [-0.25, -0.2) is 19.9 Å². The normalized spacial score (nSPS) is 11.3. The van der Waals surface area contributed by atoms with Gasteiger partial charge in [-0.15, -0.1) is 0 Å². The van der Waals surface area contributed by atoms with E-state index in [2.05, 4.69) is 107 Å². The maximum absolute atomic E-state index is 5.01. The lowest BCUT2D eigenvalue weighted by Crippen LogP contribution is -2.01. The van der Waals surface area contributed by atoms with Crippen LogP contribution in [0.15, 0.2) is 188 Å². The summed E-state index contributed by atoms with van der Waals surface area (Å²) in [5.41, 5.74) is 11.1. The Labute approximate surface area is 317 Å². The van der Waals surface area contributed by atoms with Gasteiger partial charge in [-0.05, 0) is 83.9 Å². The molecule has 0 amide bonds. The molecular weight excluding hydrogens is 675 g/mol. The molecule has 0 saturated heterocycles. The Bertz CT molecular complexity index is 2830. The summed E-state index contributed by atoms with van der Waals surface area (Å²) in [4.78, 5) is 29.4. The minimum Gasteiger partial charge on any atom is -0.309 e. The summed E-state index contributed by atoms with van der Waals surface area (Å²) in [5.74, 6) is 1.71. The molecule has 0 aliphatic carbocycles. The fraction of sp³-hybridized carbons (Fsp3) is 0. The monoisotopic (exact) mass is 705 g/mol. The highest BCUT2D eigenvalue weighted by molar-refractivity contribution is 6.09. The zero-order valence-corrected chi connectivity index (χ0v) is 29.5. The topological polar surface area (TPSA) is 82.3 Å². The molecule has 0 fully saturated rings. The SMILES string of the molecule is c1ccc(-c2cc(-c3ccccn3)nc(-c3ccc(-c4nc(-c5ccccc5)nc(-c5ccc(-n6c7ccccc7c7ccccc76)cc5)n4)cn3)c2)cc1. The number of benzene rings is 5. The van der Waals surface area contributed by atoms with Crippen molar-refractivity contribution in [2.45, 2.75) is 0 Å². The van der Waals surface area contributed by atoms with Gasteiger partial charge in [-0.1, -0.05) is 103 Å². The third-order valence-electron chi connectivity index (χ3n) is 9.78. The molecule has 5 aromatic heterocycles. The first-order valence-electron chi connectivity index (χ1n) is 18.1. The zero-order chi connectivity index (χ0) is 36.6. The molecule has 10 aromatic rings. The molecule has 55 heavy (non-hydrogen) atoms. The van der Waals surface area contributed by atoms with Gasteiger partial charge in [0.2, 0.25) is 0 Å². The Hall–Kier alpha value is -7.64. The Kier molecular flexibility index (Phi) is 8.00. The molecule has 0 aliphatic rings. The van der Waals surface area contributed by atoms with Gasteiger partial charge in [0, 0.05) is 45.5 Å². The molecule has 0 aliphatic heterocycles. The Morgan fingerprint density at radius 2 is 0.836 bits per heavy atom. The van der Waals surface area contributed by atoms with Crippen LogP contribution in [0, 0.1) is 0 Å². The Morgan fingerprint density at radius 3 is 1.42 bits per heavy atom. The molecule has 7 heteroatoms. The van der Waals surface area contributed by atoms with E-state index in [0.29, 0.717) is 17.5 Å². The van der Waals surface area contributed by atoms with Crippen LogP contribution < -0.4 is 0 Å². The van der Waals surface area contributed by atoms with E-state index in [1.807, 2.05) is 85.1 Å². The number of hydrogen-bond donors (Lipinski definition) is 0. The third-order valence-corrected chi connectivity index (χ3v) is 9.78. The van der Waals surface area contributed by atoms with Gasteiger partial charge < -0.3 is 4.57 Å². The van der Waals surface area contributed by atoms with E-state index in [1.54, 1.807) is 6.20 Å². The van der Waals surface area contributed by atoms with Crippen LogP contribution in [0.25, 0.3) is 95.6 Å². The first-order valence-corrected chi connectivity index (χ1v) is 18.1. The van der Waals surface area contributed by atoms with E-state index in [-0.39, 0.29) is 0 Å². The van der Waals surface area contributed by atoms with Gasteiger partial charge in [0.15, 0.2) is 17.5 Å². The molecule has 0 unspecified atom stereocenters. The van der Waals surface area contributed by atoms with Gasteiger partial charge in [-0.2, -0.15) is 0 Å². The van der Waals surface area contributed by atoms with Gasteiger partial charge in [0.05, 0.1) is 33.8 Å². The Balaban J connectivity index is 1.04. The van der Waals surface area contributed by atoms with Gasteiger partial charge >= 0.3 is 0 Å². The molecule has 0 N–H and O–H groups in total. The maximum atomic E-state index is 5.01. The molecule has 5 aromatic carbocycles. The minimum absolute atomic E-state index is 0.537. The van der Waals surface area contributed by atoms with Gasteiger partial charge in [0.1, 0.15) is 0 Å². The zero-order valence-electron chi connectivity index (χ0n) is 29.5. The van der Waals surface area contributed by atoms with Crippen molar-refractivity contribution in [1.82, 2.24) is 34.5 Å². The average molecular weight is 706 g/mol. The molecule has 0 radical (unpaired) electrons. The van der Waals surface area contributed by atoms with Crippen molar-refractivity contribution < 1.29 is 0 Å². The van der Waals surface area contributed by atoms with E-state index in [4.69, 9.17) is 24.9 Å². The predicted molar refractivity (Wildman–Crippen MR) is 220 cm³/mol. The quantitative estimate of drug-likeness (QED) is 0.164. The second-order valence-corrected chi connectivity index (χ2v) is 13.2. The van der Waals surface area contributed by atoms with Crippen LogP contribution in [-0.2, 0) is 0 Å². The average Bonchev–Trinajstić information content (AvgIpc) is 3.61. The smallest absolute Gasteiger partial charge is 0.165 e. The molecular formula is C48H31N7. The minimum atomic E-state index is 0.537. The lowest BCUT2D eigenvalue weighted by Gasteiger charge is -2.11. The van der Waals surface area contributed by atoms with Crippen molar-refractivity contribution in [2.24, 2.45) is 0 Å². The Morgan fingerprint density at radius 1 is 0.327 bits per heavy atom. The van der Waals surface area contributed by atoms with Crippen molar-refractivity contribution in [1.29, 1.82) is 0 Å². The summed E-state index contributed by atoms with van der Waals surface area (Å²) < 4.78 is 2.31. The standard InChI is InChI=1S/C48H31N7/c1-3-13-32(14-4-1)36-29-42(40-19-11-12-28-49-40)51-43(30-36)41-27-24-35(31-50-41)48-53-46(33-15-5-2-6-16-33)52-47(54-48)34-22-25-37(26-23-34)55-44-20-9-7-17-38(44)39-18-8-10-21-45(39)55/h1-31H. The number of hydrogen-bond acceptors (Lipinski definition) is 6. The lowest BCUT2D eigenvalue weighted by molar-refractivity contribution is 1.07. The van der Waals surface area contributed by atoms with Crippen molar-refractivity contribution in [2.75, 3.05) is 0 Å². The summed E-state index contributed by atoms with van der Waals surface area (Å²) in [6.45, 7) is 0. The molecule has 0 saturated carbocycles. The summed E-state index contributed by atoms with van der Waals surface area (Å²) in [7, 11) is 0. The van der Waals surface area contributed by atoms with E-state index >= 15 is 0 Å². The third kappa shape index (κ3) is 6.09. The van der Waals surface area contributed by atoms with E-state index in [9.17, 15) is 0 Å². The lowest BCUT2D eigenvalue weighted by atomic mass is 10.0. The van der Waals surface area contributed by atoms with Crippen molar-refractivity contribution in [3.05, 3.63) is 188 Å². The highest BCUT2D eigenvalue weighted by Crippen LogP contribution is 2.34. The van der Waals surface area contributed by atoms with E-state index < -0.39 is 0 Å². The number of para-hydroxylation sites is 2. The van der Waals surface area contributed by atoms with Crippen LogP contribution in [-0.4, -0.2) is 34.5 Å². The fourth-order valence-electron chi connectivity index (χ4n) is 7.09. The van der Waals surface area contributed by atoms with Crippen molar-refractivity contribution >= 4 is 21.8 Å². The van der Waals surface area contributed by atoms with Crippen molar-refractivity contribution in [3.8, 4) is 73.8 Å². The molecule has 5 heterocycles. The van der Waals surface area contributed by atoms with Gasteiger partial charge in [-0.3, -0.25) is 9.97 Å². The summed E-state index contributed by atoms with van der Waals surface area (Å²) in [5, 5.41) is 2.45. The van der Waals surface area contributed by atoms with Crippen molar-refractivity contribution in [3.63, 3.8) is 0 Å². The molecule has 0 bridgehead atoms. The highest BCUT2D eigenvalue weighted by Gasteiger charge is 2.16. The highest BCUT2D eigenvalue weighted by atomic mass is 15.0. The summed E-state index contributed by atoms with van der Waals surface area (Å²) >= 11 is 0. The predicted octanol–water partition coefficient (Wildman–Crippen LogP) is 11.2. The number of pyridine rings is 3. The van der Waals surface area contributed by atoms with Crippen LogP contribution in [0.3, 0.4) is 0 Å². The summed E-state index contributed by atoms with van der Waals surface area (Å²) in [6, 6.07) is 59.7. The molecule has 0 spiro atoms. The molecule has 7 nitrogen and oxygen atoms in total. The van der Waals surface area contributed by atoms with Crippen LogP contribution >= 0.6 is 0 Å². The van der Waals surface area contributed by atoms with E-state index in [0.717, 1.165) is 67.3 Å². The largest absolute Gasteiger partial charge is 0.309 e. The van der Waals surface area contributed by atoms with Crippen LogP contribution in [0.4, 0.5) is 0 Å². The van der Waals surface area contributed by atoms with E-state index in [1.165, 1.54) is 10.8 Å². The number of nitrogens with zero attached hydrogens (tertiary/aromatic N) is 7. The molecule has 10 rings (SSSR count). The fourth-order valence-corrected chi connectivity index (χ4v) is 7.09. The maximum Gasteiger partial charge on any atom is 0.165 e. The molecule has 258 valence electrons. The van der Waals surface area contributed by atoms with Crippen LogP contribution in [0.1, 0.15) is 0 Å². The summed E-state index contributed by atoms with van der Waals surface area (Å²) in [6.07, 6.45) is 3.59. The van der Waals surface area contributed by atoms with Crippen LogP contribution in [0.2, 0.25) is 0 Å². The van der Waals surface area contributed by atoms with Crippen LogP contribution in [0.5, 0.6) is 0 Å². The second kappa shape index (κ2) is 13.7. The molecule has 0 atom stereocenters. The second-order valence-electron chi connectivity index (χ2n) is 13.2. The first kappa shape index (κ1) is 32.0. The number of rotatable bonds is 7. The number of aromatic nitrogens is 7. The first-order chi connectivity index (χ1) is 27.2. The number of fused-ring (bicyclic) bond motifs is 3.